The predicted molar refractivity (Wildman–Crippen MR) is 197 cm³/mol. The lowest BCUT2D eigenvalue weighted by Gasteiger charge is -2.37. The number of unbranched alkanes of at least 4 members (excludes halogenated alkanes) is 1. The smallest absolute Gasteiger partial charge is 0.224 e. The summed E-state index contributed by atoms with van der Waals surface area (Å²) in [5.41, 5.74) is 0.750. The highest BCUT2D eigenvalue weighted by molar-refractivity contribution is 7.93. The second kappa shape index (κ2) is 17.9. The third-order valence-electron chi connectivity index (χ3n) is 8.76. The Bertz CT molecular complexity index is 1560. The van der Waals surface area contributed by atoms with Gasteiger partial charge in [-0.15, -0.1) is 0 Å². The van der Waals surface area contributed by atoms with Crippen molar-refractivity contribution in [2.45, 2.75) is 31.8 Å². The van der Waals surface area contributed by atoms with Crippen molar-refractivity contribution in [3.8, 4) is 34.5 Å². The number of methoxy groups -OCH3 is 9. The van der Waals surface area contributed by atoms with Crippen LogP contribution < -0.4 is 44.3 Å². The van der Waals surface area contributed by atoms with Gasteiger partial charge in [0.05, 0.1) is 63.0 Å². The number of hydrogen-bond donors (Lipinski definition) is 1. The second-order valence-corrected chi connectivity index (χ2v) is 14.8. The minimum absolute atomic E-state index is 0.0729. The quantitative estimate of drug-likeness (QED) is 0.119. The molecule has 0 aliphatic heterocycles. The van der Waals surface area contributed by atoms with E-state index < -0.39 is 13.4 Å². The predicted octanol–water partition coefficient (Wildman–Crippen LogP) is 6.32. The van der Waals surface area contributed by atoms with E-state index in [4.69, 9.17) is 42.6 Å². The summed E-state index contributed by atoms with van der Waals surface area (Å²) in [6, 6.07) is 16.8. The fourth-order valence-electron chi connectivity index (χ4n) is 6.46. The number of para-hydroxylation sites is 1. The third-order valence-corrected chi connectivity index (χ3v) is 13.5. The zero-order valence-electron chi connectivity index (χ0n) is 30.4. The number of nitrogens with one attached hydrogen (secondary N) is 1. The first kappa shape index (κ1) is 38.2. The van der Waals surface area contributed by atoms with E-state index in [0.717, 1.165) is 21.6 Å². The largest absolute Gasteiger partial charge is 0.501 e. The van der Waals surface area contributed by atoms with Crippen LogP contribution in [-0.2, 0) is 19.0 Å². The third kappa shape index (κ3) is 7.90. The molecule has 11 nitrogen and oxygen atoms in total. The van der Waals surface area contributed by atoms with E-state index in [1.807, 2.05) is 60.7 Å². The summed E-state index contributed by atoms with van der Waals surface area (Å²) in [4.78, 5) is 13.1. The second-order valence-electron chi connectivity index (χ2n) is 11.4. The summed E-state index contributed by atoms with van der Waals surface area (Å²) in [6.45, 7) is 0. The van der Waals surface area contributed by atoms with Crippen LogP contribution in [0.15, 0.2) is 77.5 Å². The monoisotopic (exact) mass is 710 g/mol. The Morgan fingerprint density at radius 1 is 0.680 bits per heavy atom. The molecule has 0 radical (unpaired) electrons. The Balaban J connectivity index is 2.09. The summed E-state index contributed by atoms with van der Waals surface area (Å²) in [5.74, 6) is 4.47. The summed E-state index contributed by atoms with van der Waals surface area (Å²) in [7, 11) is 11.5. The van der Waals surface area contributed by atoms with Gasteiger partial charge in [-0.25, -0.2) is 0 Å². The molecule has 1 amide bonds. The van der Waals surface area contributed by atoms with Gasteiger partial charge in [-0.05, 0) is 25.0 Å². The Hall–Kier alpha value is -4.60. The lowest BCUT2D eigenvalue weighted by molar-refractivity contribution is -0.116. The van der Waals surface area contributed by atoms with Gasteiger partial charge < -0.3 is 47.9 Å². The summed E-state index contributed by atoms with van der Waals surface area (Å²) >= 11 is 0. The molecule has 4 rings (SSSR count). The molecule has 0 saturated carbocycles. The lowest BCUT2D eigenvalue weighted by atomic mass is 10.1. The first-order chi connectivity index (χ1) is 24.3. The van der Waals surface area contributed by atoms with Crippen molar-refractivity contribution in [1.82, 2.24) is 0 Å². The molecule has 12 heteroatoms. The highest BCUT2D eigenvalue weighted by atomic mass is 31.2. The molecule has 50 heavy (non-hydrogen) atoms. The van der Waals surface area contributed by atoms with Crippen LogP contribution in [0, 0.1) is 0 Å². The van der Waals surface area contributed by atoms with E-state index in [9.17, 15) is 4.79 Å². The normalized spacial score (nSPS) is 14.3. The molecule has 3 aromatic carbocycles. The molecule has 0 bridgehead atoms. The number of ether oxygens (including phenoxy) is 9. The van der Waals surface area contributed by atoms with Crippen molar-refractivity contribution >= 4 is 29.5 Å². The Labute approximate surface area is 295 Å². The highest BCUT2D eigenvalue weighted by Gasteiger charge is 2.59. The first-order valence-corrected chi connectivity index (χ1v) is 18.2. The van der Waals surface area contributed by atoms with Crippen LogP contribution in [0.5, 0.6) is 34.5 Å². The fraction of sp³-hybridized carbons (Fsp3) is 0.395. The van der Waals surface area contributed by atoms with Gasteiger partial charge in [-0.2, -0.15) is 0 Å². The SMILES string of the molecule is COC1=CC(OC)=C([P+](CCCCC(=O)Nc2ccccc2)(c2c(OC)cc(OC)cc2OC)c2c(OC)cc(OC)cc2OC)[C@@H](OC)C1. The van der Waals surface area contributed by atoms with Crippen LogP contribution in [0.25, 0.3) is 0 Å². The van der Waals surface area contributed by atoms with Gasteiger partial charge in [0.1, 0.15) is 30.6 Å². The van der Waals surface area contributed by atoms with Gasteiger partial charge in [0.15, 0.2) is 44.7 Å². The number of anilines is 1. The van der Waals surface area contributed by atoms with Gasteiger partial charge >= 0.3 is 0 Å². The maximum absolute atomic E-state index is 13.1. The molecule has 0 heterocycles. The highest BCUT2D eigenvalue weighted by Crippen LogP contribution is 2.72. The molecule has 270 valence electrons. The number of rotatable bonds is 18. The molecular weight excluding hydrogens is 661 g/mol. The van der Waals surface area contributed by atoms with Gasteiger partial charge in [0.25, 0.3) is 0 Å². The molecular formula is C38H49NO10P+. The number of amides is 1. The van der Waals surface area contributed by atoms with Crippen molar-refractivity contribution in [2.24, 2.45) is 0 Å². The molecule has 0 spiro atoms. The molecule has 1 atom stereocenters. The first-order valence-electron chi connectivity index (χ1n) is 16.2. The summed E-state index contributed by atoms with van der Waals surface area (Å²) < 4.78 is 54.4. The minimum atomic E-state index is -3.08. The minimum Gasteiger partial charge on any atom is -0.501 e. The average molecular weight is 711 g/mol. The van der Waals surface area contributed by atoms with Crippen LogP contribution in [-0.4, -0.2) is 82.2 Å². The molecule has 0 unspecified atom stereocenters. The molecule has 1 aliphatic carbocycles. The molecule has 1 N–H and O–H groups in total. The van der Waals surface area contributed by atoms with Crippen molar-refractivity contribution in [2.75, 3.05) is 75.5 Å². The average Bonchev–Trinajstić information content (AvgIpc) is 3.16. The van der Waals surface area contributed by atoms with Crippen LogP contribution in [0.3, 0.4) is 0 Å². The van der Waals surface area contributed by atoms with Crippen LogP contribution in [0.1, 0.15) is 25.7 Å². The lowest BCUT2D eigenvalue weighted by Crippen LogP contribution is -2.36. The number of carbonyl (C=O) groups is 1. The molecule has 0 saturated heterocycles. The van der Waals surface area contributed by atoms with Gasteiger partial charge in [0, 0.05) is 56.0 Å². The van der Waals surface area contributed by atoms with Gasteiger partial charge in [-0.1, -0.05) is 18.2 Å². The number of allylic oxidation sites excluding steroid dienone is 1. The number of carbonyl (C=O) groups excluding carboxylic acids is 1. The van der Waals surface area contributed by atoms with Crippen LogP contribution in [0.2, 0.25) is 0 Å². The van der Waals surface area contributed by atoms with Crippen molar-refractivity contribution in [1.29, 1.82) is 0 Å². The Morgan fingerprint density at radius 2 is 1.20 bits per heavy atom. The maximum Gasteiger partial charge on any atom is 0.224 e. The number of hydrogen-bond acceptors (Lipinski definition) is 10. The van der Waals surface area contributed by atoms with Crippen molar-refractivity contribution in [3.05, 3.63) is 77.5 Å². The molecule has 0 aromatic heterocycles. The Morgan fingerprint density at radius 3 is 1.62 bits per heavy atom. The molecule has 1 aliphatic rings. The van der Waals surface area contributed by atoms with E-state index in [0.29, 0.717) is 77.9 Å². The van der Waals surface area contributed by atoms with Crippen LogP contribution >= 0.6 is 7.26 Å². The van der Waals surface area contributed by atoms with Crippen molar-refractivity contribution in [3.63, 3.8) is 0 Å². The van der Waals surface area contributed by atoms with E-state index in [1.54, 1.807) is 64.0 Å². The summed E-state index contributed by atoms with van der Waals surface area (Å²) in [5, 5.41) is 5.43. The topological polar surface area (TPSA) is 112 Å². The summed E-state index contributed by atoms with van der Waals surface area (Å²) in [6.07, 6.45) is 3.88. The number of benzene rings is 3. The van der Waals surface area contributed by atoms with E-state index in [2.05, 4.69) is 5.32 Å². The van der Waals surface area contributed by atoms with Gasteiger partial charge in [-0.3, -0.25) is 4.79 Å². The molecule has 0 fully saturated rings. The Kier molecular flexibility index (Phi) is 13.7. The van der Waals surface area contributed by atoms with Gasteiger partial charge in [0.2, 0.25) is 5.91 Å². The van der Waals surface area contributed by atoms with Crippen LogP contribution in [0.4, 0.5) is 5.69 Å². The maximum atomic E-state index is 13.1. The standard InChI is InChI=1S/C38H48NO10P/c1-41-26-19-29(44-4)36(30(20-26)45-5)50(37-31(46-6)21-27(42-2)22-32(37)47-7,38-33(48-8)23-28(43-3)24-34(38)49-9)18-14-13-17-35(40)39-25-15-11-10-12-16-25/h10-12,15-16,19-23,34H,13-14,17-18,24H2,1-9H3/p+1/t34-/m0/s1. The zero-order valence-corrected chi connectivity index (χ0v) is 31.3. The van der Waals surface area contributed by atoms with E-state index in [1.165, 1.54) is 0 Å². The van der Waals surface area contributed by atoms with E-state index >= 15 is 0 Å². The van der Waals surface area contributed by atoms with Crippen molar-refractivity contribution < 1.29 is 47.4 Å². The van der Waals surface area contributed by atoms with E-state index in [-0.39, 0.29) is 5.91 Å². The zero-order chi connectivity index (χ0) is 36.3. The molecule has 3 aromatic rings. The fourth-order valence-corrected chi connectivity index (χ4v) is 11.9.